The molecule has 0 atom stereocenters. The molecular formula is C22H21FN2O4S. The van der Waals surface area contributed by atoms with Crippen molar-refractivity contribution in [2.45, 2.75) is 11.4 Å². The van der Waals surface area contributed by atoms with Crippen LogP contribution in [0.25, 0.3) is 0 Å². The molecule has 3 rings (SSSR count). The van der Waals surface area contributed by atoms with Gasteiger partial charge in [0.25, 0.3) is 0 Å². The number of methoxy groups -OCH3 is 1. The van der Waals surface area contributed by atoms with Crippen LogP contribution in [0.5, 0.6) is 5.75 Å². The number of carbonyl (C=O) groups excluding carboxylic acids is 1. The molecule has 0 aliphatic heterocycles. The lowest BCUT2D eigenvalue weighted by Gasteiger charge is -2.22. The van der Waals surface area contributed by atoms with Crippen molar-refractivity contribution >= 4 is 21.6 Å². The summed E-state index contributed by atoms with van der Waals surface area (Å²) in [6.07, 6.45) is 0. The maximum atomic E-state index is 13.2. The summed E-state index contributed by atoms with van der Waals surface area (Å²) in [7, 11) is -2.41. The third-order valence-electron chi connectivity index (χ3n) is 4.35. The molecule has 156 valence electrons. The number of halogens is 1. The van der Waals surface area contributed by atoms with E-state index in [4.69, 9.17) is 4.74 Å². The van der Waals surface area contributed by atoms with Crippen LogP contribution in [-0.4, -0.2) is 32.3 Å². The fourth-order valence-corrected chi connectivity index (χ4v) is 4.20. The first kappa shape index (κ1) is 21.5. The van der Waals surface area contributed by atoms with Gasteiger partial charge in [0.05, 0.1) is 18.6 Å². The fraction of sp³-hybridized carbons (Fsp3) is 0.136. The molecule has 1 N–H and O–H groups in total. The van der Waals surface area contributed by atoms with Crippen molar-refractivity contribution in [2.24, 2.45) is 0 Å². The molecule has 30 heavy (non-hydrogen) atoms. The quantitative estimate of drug-likeness (QED) is 0.594. The molecule has 0 aliphatic rings. The molecule has 0 unspecified atom stereocenters. The molecular weight excluding hydrogens is 407 g/mol. The first-order valence-electron chi connectivity index (χ1n) is 9.12. The fourth-order valence-electron chi connectivity index (χ4n) is 2.80. The van der Waals surface area contributed by atoms with Gasteiger partial charge in [-0.2, -0.15) is 4.31 Å². The molecule has 0 aliphatic carbocycles. The smallest absolute Gasteiger partial charge is 0.243 e. The van der Waals surface area contributed by atoms with Gasteiger partial charge in [0.15, 0.2) is 0 Å². The van der Waals surface area contributed by atoms with Crippen molar-refractivity contribution in [3.63, 3.8) is 0 Å². The lowest BCUT2D eigenvalue weighted by molar-refractivity contribution is -0.116. The van der Waals surface area contributed by atoms with E-state index >= 15 is 0 Å². The van der Waals surface area contributed by atoms with Crippen LogP contribution in [-0.2, 0) is 21.4 Å². The second-order valence-corrected chi connectivity index (χ2v) is 8.43. The lowest BCUT2D eigenvalue weighted by Crippen LogP contribution is -2.37. The second kappa shape index (κ2) is 9.51. The van der Waals surface area contributed by atoms with E-state index in [-0.39, 0.29) is 11.4 Å². The summed E-state index contributed by atoms with van der Waals surface area (Å²) in [5.41, 5.74) is 1.08. The number of hydrogen-bond acceptors (Lipinski definition) is 4. The van der Waals surface area contributed by atoms with Crippen molar-refractivity contribution in [2.75, 3.05) is 19.0 Å². The zero-order valence-electron chi connectivity index (χ0n) is 16.3. The Morgan fingerprint density at radius 3 is 2.20 bits per heavy atom. The Balaban J connectivity index is 1.82. The molecule has 0 saturated carbocycles. The Kier molecular flexibility index (Phi) is 6.81. The standard InChI is InChI=1S/C22H21FN2O4S/c1-29-20-13-11-19(12-14-20)24-22(26)16-25(15-17-7-9-18(23)10-8-17)30(27,28)21-5-3-2-4-6-21/h2-14H,15-16H2,1H3,(H,24,26). The molecule has 0 spiro atoms. The molecule has 3 aromatic carbocycles. The van der Waals surface area contributed by atoms with E-state index in [0.29, 0.717) is 17.0 Å². The van der Waals surface area contributed by atoms with E-state index in [9.17, 15) is 17.6 Å². The van der Waals surface area contributed by atoms with E-state index in [1.165, 1.54) is 43.5 Å². The zero-order chi connectivity index (χ0) is 21.6. The van der Waals surface area contributed by atoms with Crippen molar-refractivity contribution in [1.82, 2.24) is 4.31 Å². The van der Waals surface area contributed by atoms with Crippen LogP contribution in [0.15, 0.2) is 83.8 Å². The average Bonchev–Trinajstić information content (AvgIpc) is 2.76. The minimum Gasteiger partial charge on any atom is -0.497 e. The molecule has 0 saturated heterocycles. The largest absolute Gasteiger partial charge is 0.497 e. The number of nitrogens with one attached hydrogen (secondary N) is 1. The summed E-state index contributed by atoms with van der Waals surface area (Å²) in [5, 5.41) is 2.68. The highest BCUT2D eigenvalue weighted by atomic mass is 32.2. The predicted molar refractivity (Wildman–Crippen MR) is 112 cm³/mol. The van der Waals surface area contributed by atoms with Crippen LogP contribution in [0.4, 0.5) is 10.1 Å². The van der Waals surface area contributed by atoms with Gasteiger partial charge in [-0.05, 0) is 54.1 Å². The molecule has 0 bridgehead atoms. The first-order valence-corrected chi connectivity index (χ1v) is 10.6. The summed E-state index contributed by atoms with van der Waals surface area (Å²) in [4.78, 5) is 12.7. The van der Waals surface area contributed by atoms with Gasteiger partial charge >= 0.3 is 0 Å². The number of benzene rings is 3. The van der Waals surface area contributed by atoms with E-state index in [1.54, 1.807) is 42.5 Å². The third-order valence-corrected chi connectivity index (χ3v) is 6.15. The highest BCUT2D eigenvalue weighted by molar-refractivity contribution is 7.89. The Hall–Kier alpha value is -3.23. The van der Waals surface area contributed by atoms with Crippen LogP contribution in [0, 0.1) is 5.82 Å². The normalized spacial score (nSPS) is 11.3. The summed E-state index contributed by atoms with van der Waals surface area (Å²) in [6, 6.07) is 20.0. The van der Waals surface area contributed by atoms with Crippen LogP contribution in [0.1, 0.15) is 5.56 Å². The van der Waals surface area contributed by atoms with Gasteiger partial charge in [-0.1, -0.05) is 30.3 Å². The van der Waals surface area contributed by atoms with Crippen LogP contribution >= 0.6 is 0 Å². The Labute approximate surface area is 175 Å². The first-order chi connectivity index (χ1) is 14.4. The van der Waals surface area contributed by atoms with E-state index in [1.807, 2.05) is 0 Å². The minimum atomic E-state index is -3.95. The molecule has 0 radical (unpaired) electrons. The summed E-state index contributed by atoms with van der Waals surface area (Å²) in [6.45, 7) is -0.478. The predicted octanol–water partition coefficient (Wildman–Crippen LogP) is 3.66. The van der Waals surface area contributed by atoms with Crippen LogP contribution in [0.2, 0.25) is 0 Å². The number of anilines is 1. The van der Waals surface area contributed by atoms with Crippen molar-refractivity contribution in [1.29, 1.82) is 0 Å². The SMILES string of the molecule is COc1ccc(NC(=O)CN(Cc2ccc(F)cc2)S(=O)(=O)c2ccccc2)cc1. The van der Waals surface area contributed by atoms with Gasteiger partial charge < -0.3 is 10.1 Å². The van der Waals surface area contributed by atoms with Gasteiger partial charge in [0, 0.05) is 12.2 Å². The molecule has 6 nitrogen and oxygen atoms in total. The molecule has 0 aromatic heterocycles. The van der Waals surface area contributed by atoms with Crippen LogP contribution in [0.3, 0.4) is 0 Å². The van der Waals surface area contributed by atoms with Gasteiger partial charge in [-0.25, -0.2) is 12.8 Å². The molecule has 0 heterocycles. The summed E-state index contributed by atoms with van der Waals surface area (Å²) in [5.74, 6) is -0.284. The van der Waals surface area contributed by atoms with Crippen LogP contribution < -0.4 is 10.1 Å². The lowest BCUT2D eigenvalue weighted by atomic mass is 10.2. The maximum absolute atomic E-state index is 13.2. The van der Waals surface area contributed by atoms with E-state index in [0.717, 1.165) is 4.31 Å². The van der Waals surface area contributed by atoms with Crippen molar-refractivity contribution in [3.8, 4) is 5.75 Å². The minimum absolute atomic E-state index is 0.0735. The maximum Gasteiger partial charge on any atom is 0.243 e. The Bertz CT molecular complexity index is 1090. The van der Waals surface area contributed by atoms with Crippen molar-refractivity contribution in [3.05, 3.63) is 90.2 Å². The summed E-state index contributed by atoms with van der Waals surface area (Å²) < 4.78 is 45.6. The summed E-state index contributed by atoms with van der Waals surface area (Å²) >= 11 is 0. The molecule has 8 heteroatoms. The second-order valence-electron chi connectivity index (χ2n) is 6.49. The molecule has 3 aromatic rings. The topological polar surface area (TPSA) is 75.7 Å². The van der Waals surface area contributed by atoms with E-state index < -0.39 is 28.3 Å². The van der Waals surface area contributed by atoms with Gasteiger partial charge in [-0.15, -0.1) is 0 Å². The number of ether oxygens (including phenoxy) is 1. The monoisotopic (exact) mass is 428 g/mol. The highest BCUT2D eigenvalue weighted by Gasteiger charge is 2.27. The number of hydrogen-bond donors (Lipinski definition) is 1. The van der Waals surface area contributed by atoms with Crippen molar-refractivity contribution < 1.29 is 22.3 Å². The van der Waals surface area contributed by atoms with Gasteiger partial charge in [0.1, 0.15) is 11.6 Å². The van der Waals surface area contributed by atoms with E-state index in [2.05, 4.69) is 5.32 Å². The molecule has 1 amide bonds. The number of sulfonamides is 1. The third kappa shape index (κ3) is 5.43. The zero-order valence-corrected chi connectivity index (χ0v) is 17.1. The number of amides is 1. The Morgan fingerprint density at radius 2 is 1.60 bits per heavy atom. The number of rotatable bonds is 8. The highest BCUT2D eigenvalue weighted by Crippen LogP contribution is 2.19. The van der Waals surface area contributed by atoms with Gasteiger partial charge in [0.2, 0.25) is 15.9 Å². The molecule has 0 fully saturated rings. The number of nitrogens with zero attached hydrogens (tertiary/aromatic N) is 1. The Morgan fingerprint density at radius 1 is 0.967 bits per heavy atom. The average molecular weight is 428 g/mol. The van der Waals surface area contributed by atoms with Gasteiger partial charge in [-0.3, -0.25) is 4.79 Å². The number of carbonyl (C=O) groups is 1.